The van der Waals surface area contributed by atoms with Gasteiger partial charge >= 0.3 is 6.18 Å². The topological polar surface area (TPSA) is 29.3 Å². The summed E-state index contributed by atoms with van der Waals surface area (Å²) in [5.41, 5.74) is 5.72. The number of nitrogens with two attached hydrogens (primary N) is 1. The van der Waals surface area contributed by atoms with Gasteiger partial charge in [0.15, 0.2) is 0 Å². The maximum atomic E-state index is 12.4. The Bertz CT molecular complexity index is 218. The lowest BCUT2D eigenvalue weighted by molar-refractivity contribution is -0.185. The molecule has 0 amide bonds. The Balaban J connectivity index is 2.38. The Morgan fingerprint density at radius 1 is 1.25 bits per heavy atom. The standard InChI is InChI=1S/C11H21F3N2/c1-3-10(2,15)8-16-6-4-9(5-7-16)11(12,13)14/h9H,3-8,15H2,1-2H3. The van der Waals surface area contributed by atoms with Crippen LogP contribution in [0.15, 0.2) is 0 Å². The van der Waals surface area contributed by atoms with Gasteiger partial charge in [-0.1, -0.05) is 6.92 Å². The lowest BCUT2D eigenvalue weighted by Crippen LogP contribution is -2.50. The number of alkyl halides is 3. The lowest BCUT2D eigenvalue weighted by atomic mass is 9.93. The largest absolute Gasteiger partial charge is 0.391 e. The summed E-state index contributed by atoms with van der Waals surface area (Å²) in [7, 11) is 0. The van der Waals surface area contributed by atoms with Gasteiger partial charge in [-0.05, 0) is 39.3 Å². The Morgan fingerprint density at radius 2 is 1.75 bits per heavy atom. The summed E-state index contributed by atoms with van der Waals surface area (Å²) in [4.78, 5) is 2.05. The SMILES string of the molecule is CCC(C)(N)CN1CCC(C(F)(F)F)CC1. The van der Waals surface area contributed by atoms with E-state index in [1.165, 1.54) is 0 Å². The fourth-order valence-corrected chi connectivity index (χ4v) is 2.04. The van der Waals surface area contributed by atoms with E-state index >= 15 is 0 Å². The molecule has 1 rings (SSSR count). The van der Waals surface area contributed by atoms with Gasteiger partial charge in [0.1, 0.15) is 0 Å². The third-order valence-corrected chi connectivity index (χ3v) is 3.44. The molecule has 96 valence electrons. The molecule has 1 fully saturated rings. The van der Waals surface area contributed by atoms with Crippen LogP contribution in [0.4, 0.5) is 13.2 Å². The highest BCUT2D eigenvalue weighted by molar-refractivity contribution is 4.84. The zero-order valence-corrected chi connectivity index (χ0v) is 9.98. The summed E-state index contributed by atoms with van der Waals surface area (Å²) < 4.78 is 37.3. The maximum absolute atomic E-state index is 12.4. The van der Waals surface area contributed by atoms with Crippen molar-refractivity contribution in [3.63, 3.8) is 0 Å². The van der Waals surface area contributed by atoms with Crippen LogP contribution in [0.1, 0.15) is 33.1 Å². The number of nitrogens with zero attached hydrogens (tertiary/aromatic N) is 1. The zero-order valence-electron chi connectivity index (χ0n) is 9.98. The molecular formula is C11H21F3N2. The molecule has 2 N–H and O–H groups in total. The molecule has 16 heavy (non-hydrogen) atoms. The van der Waals surface area contributed by atoms with E-state index in [0.29, 0.717) is 19.6 Å². The number of halogens is 3. The monoisotopic (exact) mass is 238 g/mol. The van der Waals surface area contributed by atoms with Crippen molar-refractivity contribution in [2.24, 2.45) is 11.7 Å². The van der Waals surface area contributed by atoms with E-state index in [1.54, 1.807) is 0 Å². The molecule has 0 aromatic heterocycles. The fourth-order valence-electron chi connectivity index (χ4n) is 2.04. The minimum atomic E-state index is -4.02. The van der Waals surface area contributed by atoms with Crippen molar-refractivity contribution >= 4 is 0 Å². The van der Waals surface area contributed by atoms with Gasteiger partial charge in [-0.25, -0.2) is 0 Å². The van der Waals surface area contributed by atoms with E-state index in [-0.39, 0.29) is 18.4 Å². The van der Waals surface area contributed by atoms with Crippen molar-refractivity contribution in [3.8, 4) is 0 Å². The van der Waals surface area contributed by atoms with Crippen molar-refractivity contribution in [3.05, 3.63) is 0 Å². The van der Waals surface area contributed by atoms with Crippen molar-refractivity contribution < 1.29 is 13.2 Å². The first-order chi connectivity index (χ1) is 7.24. The van der Waals surface area contributed by atoms with Crippen LogP contribution < -0.4 is 5.73 Å². The summed E-state index contributed by atoms with van der Waals surface area (Å²) in [6, 6.07) is 0. The molecular weight excluding hydrogens is 217 g/mol. The molecule has 0 bridgehead atoms. The summed E-state index contributed by atoms with van der Waals surface area (Å²) in [5.74, 6) is -1.12. The van der Waals surface area contributed by atoms with Gasteiger partial charge < -0.3 is 10.6 Å². The van der Waals surface area contributed by atoms with E-state index < -0.39 is 12.1 Å². The minimum Gasteiger partial charge on any atom is -0.324 e. The van der Waals surface area contributed by atoms with Crippen LogP contribution in [-0.4, -0.2) is 36.2 Å². The number of hydrogen-bond acceptors (Lipinski definition) is 2. The van der Waals surface area contributed by atoms with Crippen molar-refractivity contribution in [1.29, 1.82) is 0 Å². The van der Waals surface area contributed by atoms with E-state index in [1.807, 2.05) is 18.7 Å². The maximum Gasteiger partial charge on any atom is 0.391 e. The van der Waals surface area contributed by atoms with Crippen LogP contribution in [0.3, 0.4) is 0 Å². The Kier molecular flexibility index (Phi) is 4.23. The van der Waals surface area contributed by atoms with Gasteiger partial charge in [-0.3, -0.25) is 0 Å². The molecule has 1 saturated heterocycles. The second-order valence-corrected chi connectivity index (χ2v) is 5.10. The summed E-state index contributed by atoms with van der Waals surface area (Å²) in [6.45, 7) is 5.66. The van der Waals surface area contributed by atoms with Gasteiger partial charge in [-0.2, -0.15) is 13.2 Å². The first-order valence-corrected chi connectivity index (χ1v) is 5.82. The Morgan fingerprint density at radius 3 is 2.12 bits per heavy atom. The molecule has 1 atom stereocenters. The number of hydrogen-bond donors (Lipinski definition) is 1. The average molecular weight is 238 g/mol. The van der Waals surface area contributed by atoms with Crippen LogP contribution >= 0.6 is 0 Å². The molecule has 0 aliphatic carbocycles. The fraction of sp³-hybridized carbons (Fsp3) is 1.00. The van der Waals surface area contributed by atoms with E-state index in [4.69, 9.17) is 5.73 Å². The molecule has 2 nitrogen and oxygen atoms in total. The van der Waals surface area contributed by atoms with Gasteiger partial charge in [0.25, 0.3) is 0 Å². The number of piperidine rings is 1. The molecule has 0 aromatic rings. The first-order valence-electron chi connectivity index (χ1n) is 5.82. The predicted octanol–water partition coefficient (Wildman–Crippen LogP) is 2.39. The second kappa shape index (κ2) is 4.92. The van der Waals surface area contributed by atoms with E-state index in [9.17, 15) is 13.2 Å². The molecule has 0 radical (unpaired) electrons. The summed E-state index contributed by atoms with van der Waals surface area (Å²) >= 11 is 0. The van der Waals surface area contributed by atoms with Gasteiger partial charge in [0.05, 0.1) is 5.92 Å². The molecule has 1 aliphatic rings. The van der Waals surface area contributed by atoms with Gasteiger partial charge in [-0.15, -0.1) is 0 Å². The Labute approximate surface area is 95.0 Å². The molecule has 1 unspecified atom stereocenters. The normalized spacial score (nSPS) is 24.4. The zero-order chi connectivity index (χ0) is 12.4. The van der Waals surface area contributed by atoms with Crippen molar-refractivity contribution in [1.82, 2.24) is 4.90 Å². The quantitative estimate of drug-likeness (QED) is 0.818. The molecule has 1 aliphatic heterocycles. The van der Waals surface area contributed by atoms with Crippen LogP contribution in [0.2, 0.25) is 0 Å². The third kappa shape index (κ3) is 3.94. The van der Waals surface area contributed by atoms with Crippen LogP contribution in [-0.2, 0) is 0 Å². The molecule has 5 heteroatoms. The summed E-state index contributed by atoms with van der Waals surface area (Å²) in [6.07, 6.45) is -2.76. The van der Waals surface area contributed by atoms with E-state index in [0.717, 1.165) is 6.42 Å². The first kappa shape index (κ1) is 13.8. The Hall–Kier alpha value is -0.290. The van der Waals surface area contributed by atoms with Gasteiger partial charge in [0, 0.05) is 12.1 Å². The third-order valence-electron chi connectivity index (χ3n) is 3.44. The van der Waals surface area contributed by atoms with Crippen LogP contribution in [0.5, 0.6) is 0 Å². The van der Waals surface area contributed by atoms with Crippen LogP contribution in [0.25, 0.3) is 0 Å². The molecule has 0 spiro atoms. The van der Waals surface area contributed by atoms with Crippen molar-refractivity contribution in [2.75, 3.05) is 19.6 Å². The predicted molar refractivity (Wildman–Crippen MR) is 58.1 cm³/mol. The minimum absolute atomic E-state index is 0.212. The number of rotatable bonds is 3. The highest BCUT2D eigenvalue weighted by Crippen LogP contribution is 2.34. The second-order valence-electron chi connectivity index (χ2n) is 5.10. The molecule has 0 aromatic carbocycles. The average Bonchev–Trinajstić information content (AvgIpc) is 2.16. The highest BCUT2D eigenvalue weighted by Gasteiger charge is 2.41. The lowest BCUT2D eigenvalue weighted by Gasteiger charge is -2.37. The molecule has 1 heterocycles. The van der Waals surface area contributed by atoms with Crippen molar-refractivity contribution in [2.45, 2.75) is 44.8 Å². The summed E-state index contributed by atoms with van der Waals surface area (Å²) in [5, 5.41) is 0. The number of likely N-dealkylation sites (tertiary alicyclic amines) is 1. The van der Waals surface area contributed by atoms with E-state index in [2.05, 4.69) is 0 Å². The van der Waals surface area contributed by atoms with Gasteiger partial charge in [0.2, 0.25) is 0 Å². The molecule has 0 saturated carbocycles. The van der Waals surface area contributed by atoms with Crippen LogP contribution in [0, 0.1) is 5.92 Å². The smallest absolute Gasteiger partial charge is 0.324 e. The highest BCUT2D eigenvalue weighted by atomic mass is 19.4.